The molecule has 1 aromatic carbocycles. The first-order valence-corrected chi connectivity index (χ1v) is 5.43. The van der Waals surface area contributed by atoms with E-state index in [1.54, 1.807) is 0 Å². The molecule has 1 aliphatic heterocycles. The molecule has 0 unspecified atom stereocenters. The van der Waals surface area contributed by atoms with Crippen molar-refractivity contribution in [2.75, 3.05) is 31.2 Å². The summed E-state index contributed by atoms with van der Waals surface area (Å²) >= 11 is 0. The van der Waals surface area contributed by atoms with Crippen molar-refractivity contribution in [2.45, 2.75) is 13.0 Å². The van der Waals surface area contributed by atoms with Crippen LogP contribution in [0.4, 0.5) is 5.69 Å². The second-order valence-corrected chi connectivity index (χ2v) is 3.74. The highest BCUT2D eigenvalue weighted by Crippen LogP contribution is 2.21. The standard InChI is InChI=1S/C12H17NO2/c14-10-11-4-1-2-5-12(11)13-6-3-8-15-9-7-13/h1-2,4-5,14H,3,6-10H2. The summed E-state index contributed by atoms with van der Waals surface area (Å²) in [4.78, 5) is 2.29. The number of hydrogen-bond acceptors (Lipinski definition) is 3. The van der Waals surface area contributed by atoms with Crippen LogP contribution in [0.5, 0.6) is 0 Å². The molecule has 82 valence electrons. The van der Waals surface area contributed by atoms with Crippen LogP contribution in [-0.4, -0.2) is 31.4 Å². The minimum Gasteiger partial charge on any atom is -0.392 e. The van der Waals surface area contributed by atoms with Crippen molar-refractivity contribution in [1.82, 2.24) is 0 Å². The maximum atomic E-state index is 9.26. The van der Waals surface area contributed by atoms with Crippen LogP contribution in [0.15, 0.2) is 24.3 Å². The van der Waals surface area contributed by atoms with E-state index in [0.717, 1.165) is 44.0 Å². The Bertz CT molecular complexity index is 306. The van der Waals surface area contributed by atoms with Crippen LogP contribution < -0.4 is 4.90 Å². The van der Waals surface area contributed by atoms with Gasteiger partial charge < -0.3 is 14.7 Å². The zero-order valence-electron chi connectivity index (χ0n) is 8.85. The molecule has 1 N–H and O–H groups in total. The highest BCUT2D eigenvalue weighted by Gasteiger charge is 2.12. The lowest BCUT2D eigenvalue weighted by Crippen LogP contribution is -2.26. The van der Waals surface area contributed by atoms with Crippen molar-refractivity contribution in [3.63, 3.8) is 0 Å². The van der Waals surface area contributed by atoms with Gasteiger partial charge in [0.2, 0.25) is 0 Å². The first-order valence-electron chi connectivity index (χ1n) is 5.43. The molecule has 3 heteroatoms. The first-order chi connectivity index (χ1) is 7.42. The molecule has 2 rings (SSSR count). The SMILES string of the molecule is OCc1ccccc1N1CCCOCC1. The summed E-state index contributed by atoms with van der Waals surface area (Å²) in [6.07, 6.45) is 1.06. The fraction of sp³-hybridized carbons (Fsp3) is 0.500. The monoisotopic (exact) mass is 207 g/mol. The van der Waals surface area contributed by atoms with E-state index in [2.05, 4.69) is 11.0 Å². The summed E-state index contributed by atoms with van der Waals surface area (Å²) in [6, 6.07) is 8.02. The average molecular weight is 207 g/mol. The van der Waals surface area contributed by atoms with Gasteiger partial charge in [0.05, 0.1) is 13.2 Å². The number of benzene rings is 1. The third-order valence-corrected chi connectivity index (χ3v) is 2.72. The minimum absolute atomic E-state index is 0.105. The second kappa shape index (κ2) is 5.14. The van der Waals surface area contributed by atoms with Gasteiger partial charge in [0.1, 0.15) is 0 Å². The molecule has 0 amide bonds. The van der Waals surface area contributed by atoms with E-state index in [-0.39, 0.29) is 6.61 Å². The first kappa shape index (κ1) is 10.5. The van der Waals surface area contributed by atoms with Crippen molar-refractivity contribution in [2.24, 2.45) is 0 Å². The number of anilines is 1. The van der Waals surface area contributed by atoms with Crippen LogP contribution in [0.2, 0.25) is 0 Å². The van der Waals surface area contributed by atoms with E-state index in [1.807, 2.05) is 18.2 Å². The Labute approximate surface area is 90.3 Å². The zero-order valence-corrected chi connectivity index (χ0v) is 8.85. The minimum atomic E-state index is 0.105. The average Bonchev–Trinajstić information content (AvgIpc) is 2.57. The summed E-state index contributed by atoms with van der Waals surface area (Å²) in [5.74, 6) is 0. The van der Waals surface area contributed by atoms with Crippen molar-refractivity contribution in [3.8, 4) is 0 Å². The predicted molar refractivity (Wildman–Crippen MR) is 60.0 cm³/mol. The molecular formula is C12H17NO2. The van der Waals surface area contributed by atoms with Crippen LogP contribution in [0, 0.1) is 0 Å². The largest absolute Gasteiger partial charge is 0.392 e. The Morgan fingerprint density at radius 3 is 2.93 bits per heavy atom. The predicted octanol–water partition coefficient (Wildman–Crippen LogP) is 1.41. The highest BCUT2D eigenvalue weighted by molar-refractivity contribution is 5.53. The number of para-hydroxylation sites is 1. The summed E-state index contributed by atoms with van der Waals surface area (Å²) < 4.78 is 5.42. The Kier molecular flexibility index (Phi) is 3.59. The van der Waals surface area contributed by atoms with Crippen LogP contribution in [-0.2, 0) is 11.3 Å². The molecule has 0 spiro atoms. The number of aliphatic hydroxyl groups is 1. The number of nitrogens with zero attached hydrogens (tertiary/aromatic N) is 1. The quantitative estimate of drug-likeness (QED) is 0.795. The lowest BCUT2D eigenvalue weighted by atomic mass is 10.1. The maximum Gasteiger partial charge on any atom is 0.0702 e. The highest BCUT2D eigenvalue weighted by atomic mass is 16.5. The van der Waals surface area contributed by atoms with Gasteiger partial charge in [-0.05, 0) is 12.5 Å². The van der Waals surface area contributed by atoms with Crippen LogP contribution in [0.25, 0.3) is 0 Å². The molecule has 0 aromatic heterocycles. The molecule has 1 aromatic rings. The fourth-order valence-corrected chi connectivity index (χ4v) is 1.94. The van der Waals surface area contributed by atoms with Gasteiger partial charge in [-0.1, -0.05) is 18.2 Å². The number of ether oxygens (including phenoxy) is 1. The Balaban J connectivity index is 2.18. The zero-order chi connectivity index (χ0) is 10.5. The molecule has 1 saturated heterocycles. The molecule has 0 radical (unpaired) electrons. The summed E-state index contributed by atoms with van der Waals surface area (Å²) in [7, 11) is 0. The molecule has 15 heavy (non-hydrogen) atoms. The van der Waals surface area contributed by atoms with E-state index < -0.39 is 0 Å². The molecule has 1 aliphatic rings. The van der Waals surface area contributed by atoms with E-state index in [9.17, 15) is 5.11 Å². The van der Waals surface area contributed by atoms with Crippen LogP contribution in [0.3, 0.4) is 0 Å². The van der Waals surface area contributed by atoms with Gasteiger partial charge in [0.25, 0.3) is 0 Å². The van der Waals surface area contributed by atoms with E-state index >= 15 is 0 Å². The van der Waals surface area contributed by atoms with Gasteiger partial charge in [0, 0.05) is 30.9 Å². The Morgan fingerprint density at radius 2 is 2.07 bits per heavy atom. The topological polar surface area (TPSA) is 32.7 Å². The number of rotatable bonds is 2. The van der Waals surface area contributed by atoms with E-state index in [0.29, 0.717) is 0 Å². The van der Waals surface area contributed by atoms with Crippen molar-refractivity contribution in [1.29, 1.82) is 0 Å². The van der Waals surface area contributed by atoms with Gasteiger partial charge in [-0.15, -0.1) is 0 Å². The number of aliphatic hydroxyl groups excluding tert-OH is 1. The van der Waals surface area contributed by atoms with Crippen molar-refractivity contribution in [3.05, 3.63) is 29.8 Å². The second-order valence-electron chi connectivity index (χ2n) is 3.74. The molecule has 3 nitrogen and oxygen atoms in total. The van der Waals surface area contributed by atoms with Gasteiger partial charge >= 0.3 is 0 Å². The molecule has 1 heterocycles. The summed E-state index contributed by atoms with van der Waals surface area (Å²) in [6.45, 7) is 3.65. The van der Waals surface area contributed by atoms with Gasteiger partial charge in [-0.3, -0.25) is 0 Å². The molecule has 0 atom stereocenters. The normalized spacial score (nSPS) is 17.5. The molecule has 0 saturated carbocycles. The van der Waals surface area contributed by atoms with E-state index in [1.165, 1.54) is 0 Å². The fourth-order valence-electron chi connectivity index (χ4n) is 1.94. The molecule has 0 aliphatic carbocycles. The Hall–Kier alpha value is -1.06. The third kappa shape index (κ3) is 2.49. The van der Waals surface area contributed by atoms with Gasteiger partial charge in [-0.25, -0.2) is 0 Å². The van der Waals surface area contributed by atoms with Gasteiger partial charge in [0.15, 0.2) is 0 Å². The summed E-state index contributed by atoms with van der Waals surface area (Å²) in [5.41, 5.74) is 2.14. The lowest BCUT2D eigenvalue weighted by Gasteiger charge is -2.24. The maximum absolute atomic E-state index is 9.26. The van der Waals surface area contributed by atoms with E-state index in [4.69, 9.17) is 4.74 Å². The van der Waals surface area contributed by atoms with Crippen molar-refractivity contribution < 1.29 is 9.84 Å². The summed E-state index contributed by atoms with van der Waals surface area (Å²) in [5, 5.41) is 9.26. The van der Waals surface area contributed by atoms with Gasteiger partial charge in [-0.2, -0.15) is 0 Å². The molecular weight excluding hydrogens is 190 g/mol. The third-order valence-electron chi connectivity index (χ3n) is 2.72. The molecule has 1 fully saturated rings. The number of hydrogen-bond donors (Lipinski definition) is 1. The van der Waals surface area contributed by atoms with Crippen LogP contribution >= 0.6 is 0 Å². The smallest absolute Gasteiger partial charge is 0.0702 e. The Morgan fingerprint density at radius 1 is 1.20 bits per heavy atom. The van der Waals surface area contributed by atoms with Crippen LogP contribution in [0.1, 0.15) is 12.0 Å². The molecule has 0 bridgehead atoms. The van der Waals surface area contributed by atoms with Crippen molar-refractivity contribution >= 4 is 5.69 Å². The lowest BCUT2D eigenvalue weighted by molar-refractivity contribution is 0.152.